The second-order valence-corrected chi connectivity index (χ2v) is 2.99. The Morgan fingerprint density at radius 2 is 2.29 bits per heavy atom. The Balaban J connectivity index is 2.41. The highest BCUT2D eigenvalue weighted by molar-refractivity contribution is 6.01. The van der Waals surface area contributed by atoms with Crippen LogP contribution in [0.25, 0.3) is 0 Å². The van der Waals surface area contributed by atoms with Crippen molar-refractivity contribution in [2.75, 3.05) is 12.0 Å². The van der Waals surface area contributed by atoms with Gasteiger partial charge in [0.15, 0.2) is 0 Å². The van der Waals surface area contributed by atoms with Gasteiger partial charge in [0.25, 0.3) is 5.91 Å². The number of benzene rings is 1. The van der Waals surface area contributed by atoms with Gasteiger partial charge in [0.2, 0.25) is 0 Å². The Labute approximate surface area is 82.3 Å². The maximum Gasteiger partial charge on any atom is 0.261 e. The summed E-state index contributed by atoms with van der Waals surface area (Å²) in [5, 5.41) is 3.13. The van der Waals surface area contributed by atoms with Gasteiger partial charge in [-0.15, -0.1) is 5.73 Å². The molecule has 0 aliphatic carbocycles. The second-order valence-electron chi connectivity index (χ2n) is 2.99. The Morgan fingerprint density at radius 3 is 3.07 bits per heavy atom. The van der Waals surface area contributed by atoms with E-state index in [1.807, 2.05) is 18.2 Å². The predicted molar refractivity (Wildman–Crippen MR) is 54.8 cm³/mol. The molecule has 0 bridgehead atoms. The van der Waals surface area contributed by atoms with Crippen LogP contribution >= 0.6 is 0 Å². The molecule has 0 unspecified atom stereocenters. The zero-order chi connectivity index (χ0) is 9.97. The lowest BCUT2D eigenvalue weighted by Crippen LogP contribution is -2.35. The first-order valence-electron chi connectivity index (χ1n) is 4.33. The SMILES string of the molecule is C=C=CN1CNc2ccccc2C1=O. The lowest BCUT2D eigenvalue weighted by Gasteiger charge is -2.26. The third kappa shape index (κ3) is 1.30. The molecule has 3 nitrogen and oxygen atoms in total. The van der Waals surface area contributed by atoms with Crippen molar-refractivity contribution >= 4 is 11.6 Å². The van der Waals surface area contributed by atoms with Crippen molar-refractivity contribution in [3.63, 3.8) is 0 Å². The maximum atomic E-state index is 11.8. The summed E-state index contributed by atoms with van der Waals surface area (Å²) >= 11 is 0. The summed E-state index contributed by atoms with van der Waals surface area (Å²) in [6, 6.07) is 7.44. The van der Waals surface area contributed by atoms with Crippen LogP contribution in [0.5, 0.6) is 0 Å². The lowest BCUT2D eigenvalue weighted by molar-refractivity contribution is 0.0823. The molecule has 0 saturated carbocycles. The number of anilines is 1. The van der Waals surface area contributed by atoms with Gasteiger partial charge in [0.05, 0.1) is 18.4 Å². The number of nitrogens with one attached hydrogen (secondary N) is 1. The highest BCUT2D eigenvalue weighted by Crippen LogP contribution is 2.21. The predicted octanol–water partition coefficient (Wildman–Crippen LogP) is 1.81. The van der Waals surface area contributed by atoms with E-state index in [0.29, 0.717) is 12.2 Å². The molecule has 0 atom stereocenters. The van der Waals surface area contributed by atoms with Gasteiger partial charge < -0.3 is 5.32 Å². The fourth-order valence-electron chi connectivity index (χ4n) is 1.44. The van der Waals surface area contributed by atoms with Crippen molar-refractivity contribution in [1.82, 2.24) is 4.90 Å². The minimum atomic E-state index is -0.0181. The van der Waals surface area contributed by atoms with Crippen molar-refractivity contribution < 1.29 is 4.79 Å². The minimum absolute atomic E-state index is 0.0181. The van der Waals surface area contributed by atoms with E-state index in [1.54, 1.807) is 12.3 Å². The summed E-state index contributed by atoms with van der Waals surface area (Å²) in [4.78, 5) is 13.3. The Hall–Kier alpha value is -1.99. The van der Waals surface area contributed by atoms with Gasteiger partial charge in [0.1, 0.15) is 0 Å². The Bertz CT molecular complexity index is 419. The number of carbonyl (C=O) groups excluding carboxylic acids is 1. The molecule has 0 fully saturated rings. The van der Waals surface area contributed by atoms with Crippen molar-refractivity contribution in [3.05, 3.63) is 48.3 Å². The number of rotatable bonds is 1. The number of amides is 1. The molecular formula is C11H10N2O. The van der Waals surface area contributed by atoms with Gasteiger partial charge in [-0.05, 0) is 12.1 Å². The van der Waals surface area contributed by atoms with Crippen LogP contribution in [0.4, 0.5) is 5.69 Å². The van der Waals surface area contributed by atoms with E-state index < -0.39 is 0 Å². The van der Waals surface area contributed by atoms with Crippen LogP contribution in [0.15, 0.2) is 42.8 Å². The van der Waals surface area contributed by atoms with Crippen LogP contribution in [0.2, 0.25) is 0 Å². The Kier molecular flexibility index (Phi) is 2.09. The smallest absolute Gasteiger partial charge is 0.261 e. The quantitative estimate of drug-likeness (QED) is 0.678. The van der Waals surface area contributed by atoms with Crippen molar-refractivity contribution in [3.8, 4) is 0 Å². The van der Waals surface area contributed by atoms with E-state index in [9.17, 15) is 4.79 Å². The summed E-state index contributed by atoms with van der Waals surface area (Å²) < 4.78 is 0. The number of para-hydroxylation sites is 1. The number of nitrogens with zero attached hydrogens (tertiary/aromatic N) is 1. The van der Waals surface area contributed by atoms with Gasteiger partial charge in [-0.3, -0.25) is 9.69 Å². The van der Waals surface area contributed by atoms with E-state index in [-0.39, 0.29) is 5.91 Å². The normalized spacial score (nSPS) is 14.0. The molecule has 14 heavy (non-hydrogen) atoms. The highest BCUT2D eigenvalue weighted by Gasteiger charge is 2.21. The molecular weight excluding hydrogens is 176 g/mol. The molecule has 1 aliphatic rings. The van der Waals surface area contributed by atoms with E-state index in [4.69, 9.17) is 0 Å². The molecule has 3 heteroatoms. The number of fused-ring (bicyclic) bond motifs is 1. The minimum Gasteiger partial charge on any atom is -0.367 e. The van der Waals surface area contributed by atoms with Gasteiger partial charge >= 0.3 is 0 Å². The number of hydrogen-bond acceptors (Lipinski definition) is 2. The van der Waals surface area contributed by atoms with Crippen LogP contribution in [0.3, 0.4) is 0 Å². The molecule has 1 aromatic carbocycles. The molecule has 1 aliphatic heterocycles. The third-order valence-corrected chi connectivity index (χ3v) is 2.11. The molecule has 0 saturated heterocycles. The molecule has 0 spiro atoms. The molecule has 1 amide bonds. The standard InChI is InChI=1S/C11H10N2O/c1-2-7-13-8-12-10-6-4-3-5-9(10)11(13)14/h3-7,12H,1,8H2. The van der Waals surface area contributed by atoms with Crippen molar-refractivity contribution in [2.45, 2.75) is 0 Å². The van der Waals surface area contributed by atoms with E-state index >= 15 is 0 Å². The van der Waals surface area contributed by atoms with E-state index in [0.717, 1.165) is 5.69 Å². The van der Waals surface area contributed by atoms with Crippen LogP contribution in [0.1, 0.15) is 10.4 Å². The maximum absolute atomic E-state index is 11.8. The van der Waals surface area contributed by atoms with Gasteiger partial charge in [-0.2, -0.15) is 0 Å². The topological polar surface area (TPSA) is 32.3 Å². The molecule has 1 heterocycles. The summed E-state index contributed by atoms with van der Waals surface area (Å²) in [7, 11) is 0. The fraction of sp³-hybridized carbons (Fsp3) is 0.0909. The Morgan fingerprint density at radius 1 is 1.50 bits per heavy atom. The molecule has 1 aromatic rings. The zero-order valence-corrected chi connectivity index (χ0v) is 7.66. The average Bonchev–Trinajstić information content (AvgIpc) is 2.23. The zero-order valence-electron chi connectivity index (χ0n) is 7.66. The molecule has 0 aromatic heterocycles. The summed E-state index contributed by atoms with van der Waals surface area (Å²) in [6.07, 6.45) is 1.55. The molecule has 1 N–H and O–H groups in total. The molecule has 2 rings (SSSR count). The lowest BCUT2D eigenvalue weighted by atomic mass is 10.1. The van der Waals surface area contributed by atoms with Crippen molar-refractivity contribution in [1.29, 1.82) is 0 Å². The first-order chi connectivity index (χ1) is 6.83. The van der Waals surface area contributed by atoms with Crippen LogP contribution in [-0.4, -0.2) is 17.5 Å². The first kappa shape index (κ1) is 8.60. The van der Waals surface area contributed by atoms with Gasteiger partial charge in [0, 0.05) is 5.69 Å². The molecule has 0 radical (unpaired) electrons. The van der Waals surface area contributed by atoms with Crippen LogP contribution in [-0.2, 0) is 0 Å². The second kappa shape index (κ2) is 3.40. The third-order valence-electron chi connectivity index (χ3n) is 2.11. The highest BCUT2D eigenvalue weighted by atomic mass is 16.2. The number of carbonyl (C=O) groups is 1. The summed E-state index contributed by atoms with van der Waals surface area (Å²) in [6.45, 7) is 3.91. The average molecular weight is 186 g/mol. The van der Waals surface area contributed by atoms with Gasteiger partial charge in [-0.1, -0.05) is 18.7 Å². The van der Waals surface area contributed by atoms with Gasteiger partial charge in [-0.25, -0.2) is 0 Å². The first-order valence-corrected chi connectivity index (χ1v) is 4.33. The van der Waals surface area contributed by atoms with E-state index in [1.165, 1.54) is 4.90 Å². The summed E-state index contributed by atoms with van der Waals surface area (Å²) in [5.41, 5.74) is 4.15. The summed E-state index contributed by atoms with van der Waals surface area (Å²) in [5.74, 6) is -0.0181. The van der Waals surface area contributed by atoms with Crippen LogP contribution < -0.4 is 5.32 Å². The largest absolute Gasteiger partial charge is 0.367 e. The van der Waals surface area contributed by atoms with Crippen LogP contribution in [0, 0.1) is 0 Å². The van der Waals surface area contributed by atoms with E-state index in [2.05, 4.69) is 17.6 Å². The number of hydrogen-bond donors (Lipinski definition) is 1. The monoisotopic (exact) mass is 186 g/mol. The molecule has 70 valence electrons. The van der Waals surface area contributed by atoms with Crippen molar-refractivity contribution in [2.24, 2.45) is 0 Å². The fourth-order valence-corrected chi connectivity index (χ4v) is 1.44.